The highest BCUT2D eigenvalue weighted by atomic mass is 32.2. The number of carbonyl (C=O) groups is 2. The van der Waals surface area contributed by atoms with Crippen LogP contribution in [0.1, 0.15) is 115 Å². The Labute approximate surface area is 305 Å². The minimum atomic E-state index is -3.83. The fourth-order valence-electron chi connectivity index (χ4n) is 8.32. The van der Waals surface area contributed by atoms with Crippen LogP contribution in [0.4, 0.5) is 0 Å². The molecule has 2 amide bonds. The number of fused-ring (bicyclic) bond motifs is 5. The van der Waals surface area contributed by atoms with Crippen molar-refractivity contribution in [2.45, 2.75) is 89.0 Å². The van der Waals surface area contributed by atoms with E-state index in [0.29, 0.717) is 44.3 Å². The molecule has 2 aromatic carbocycles. The van der Waals surface area contributed by atoms with E-state index in [1.54, 1.807) is 33.2 Å². The van der Waals surface area contributed by atoms with Gasteiger partial charge in [0.15, 0.2) is 0 Å². The Kier molecular flexibility index (Phi) is 9.23. The van der Waals surface area contributed by atoms with Gasteiger partial charge in [0.1, 0.15) is 5.75 Å². The number of carbonyl (C=O) groups excluding carboxylic acids is 2. The summed E-state index contributed by atoms with van der Waals surface area (Å²) in [5.74, 6) is 0.358. The summed E-state index contributed by atoms with van der Waals surface area (Å²) in [5, 5.41) is 5.19. The van der Waals surface area contributed by atoms with E-state index in [4.69, 9.17) is 14.6 Å². The summed E-state index contributed by atoms with van der Waals surface area (Å²) in [6.07, 6.45) is 12.7. The number of hydrogen-bond acceptors (Lipinski definition) is 7. The third-order valence-corrected chi connectivity index (χ3v) is 13.2. The van der Waals surface area contributed by atoms with E-state index >= 15 is 0 Å². The number of allylic oxidation sites excluding steroid dienone is 1. The number of sulfonamides is 1. The minimum absolute atomic E-state index is 0.0503. The molecule has 4 aromatic rings. The highest BCUT2D eigenvalue weighted by Gasteiger charge is 2.34. The van der Waals surface area contributed by atoms with E-state index in [0.717, 1.165) is 89.7 Å². The molecule has 1 N–H and O–H groups in total. The van der Waals surface area contributed by atoms with Gasteiger partial charge in [-0.25, -0.2) is 13.1 Å². The molecule has 2 saturated carbocycles. The number of benzene rings is 2. The SMILES string of the molecule is COc1ccc2c(c1)C=C(c1c(C(=O)N3CCOCC3)cnn1C1CCC1)Cn1c-2c(C2CCCCC2)c2ccc(C(=O)NS(=O)(=O)C(C)C)cc21. The number of nitrogens with zero attached hydrogens (tertiary/aromatic N) is 4. The van der Waals surface area contributed by atoms with Gasteiger partial charge in [-0.1, -0.05) is 25.3 Å². The molecule has 11 nitrogen and oxygen atoms in total. The van der Waals surface area contributed by atoms with Crippen LogP contribution in [-0.4, -0.2) is 78.1 Å². The van der Waals surface area contributed by atoms with E-state index in [-0.39, 0.29) is 17.5 Å². The molecular weight excluding hydrogens is 679 g/mol. The number of rotatable bonds is 8. The van der Waals surface area contributed by atoms with Gasteiger partial charge in [-0.05, 0) is 105 Å². The number of amides is 2. The fourth-order valence-corrected chi connectivity index (χ4v) is 8.93. The molecule has 274 valence electrons. The number of hydrogen-bond donors (Lipinski definition) is 1. The molecule has 0 radical (unpaired) electrons. The molecule has 8 rings (SSSR count). The lowest BCUT2D eigenvalue weighted by atomic mass is 9.81. The largest absolute Gasteiger partial charge is 0.497 e. The molecule has 3 fully saturated rings. The van der Waals surface area contributed by atoms with Crippen molar-refractivity contribution in [2.75, 3.05) is 33.4 Å². The van der Waals surface area contributed by atoms with E-state index in [1.165, 1.54) is 12.0 Å². The van der Waals surface area contributed by atoms with Crippen LogP contribution in [0.5, 0.6) is 5.75 Å². The first-order valence-electron chi connectivity index (χ1n) is 18.7. The lowest BCUT2D eigenvalue weighted by Crippen LogP contribution is -2.41. The Balaban J connectivity index is 1.36. The maximum atomic E-state index is 14.3. The Bertz CT molecular complexity index is 2180. The molecule has 2 aliphatic heterocycles. The summed E-state index contributed by atoms with van der Waals surface area (Å²) in [7, 11) is -2.16. The van der Waals surface area contributed by atoms with Gasteiger partial charge in [-0.2, -0.15) is 5.10 Å². The van der Waals surface area contributed by atoms with Gasteiger partial charge in [-0.3, -0.25) is 14.3 Å². The Morgan fingerprint density at radius 1 is 0.962 bits per heavy atom. The molecule has 2 aliphatic carbocycles. The van der Waals surface area contributed by atoms with Crippen molar-refractivity contribution < 1.29 is 27.5 Å². The standard InChI is InChI=1S/C40H47N5O6S/c1-25(2)52(48,49)42-39(46)27-12-14-33-35(22-27)44-24-29(37-34(23-41-45(37)30-10-7-11-30)40(47)43-16-18-51-19-17-43)20-28-21-31(50-3)13-15-32(28)38(44)36(33)26-8-5-4-6-9-26/h12-15,20-23,25-26,30H,4-11,16-19,24H2,1-3H3,(H,42,46). The minimum Gasteiger partial charge on any atom is -0.497 e. The second-order valence-electron chi connectivity index (χ2n) is 14.9. The van der Waals surface area contributed by atoms with E-state index in [1.807, 2.05) is 23.1 Å². The Hall–Kier alpha value is -4.42. The molecule has 0 atom stereocenters. The number of morpholine rings is 1. The second-order valence-corrected chi connectivity index (χ2v) is 17.1. The predicted molar refractivity (Wildman–Crippen MR) is 201 cm³/mol. The van der Waals surface area contributed by atoms with Crippen molar-refractivity contribution in [3.63, 3.8) is 0 Å². The van der Waals surface area contributed by atoms with Crippen LogP contribution in [0.2, 0.25) is 0 Å². The van der Waals surface area contributed by atoms with Crippen molar-refractivity contribution >= 4 is 44.4 Å². The monoisotopic (exact) mass is 725 g/mol. The van der Waals surface area contributed by atoms with Gasteiger partial charge in [0.25, 0.3) is 11.8 Å². The quantitative estimate of drug-likeness (QED) is 0.212. The van der Waals surface area contributed by atoms with Gasteiger partial charge in [0, 0.05) is 35.1 Å². The Morgan fingerprint density at radius 3 is 2.42 bits per heavy atom. The van der Waals surface area contributed by atoms with Crippen molar-refractivity contribution in [3.05, 3.63) is 70.5 Å². The normalized spacial score (nSPS) is 18.4. The summed E-state index contributed by atoms with van der Waals surface area (Å²) in [5.41, 5.74) is 7.87. The summed E-state index contributed by atoms with van der Waals surface area (Å²) >= 11 is 0. The maximum absolute atomic E-state index is 14.3. The van der Waals surface area contributed by atoms with Crippen LogP contribution < -0.4 is 9.46 Å². The summed E-state index contributed by atoms with van der Waals surface area (Å²) in [6.45, 7) is 5.59. The zero-order valence-corrected chi connectivity index (χ0v) is 31.0. The smallest absolute Gasteiger partial charge is 0.264 e. The van der Waals surface area contributed by atoms with Crippen molar-refractivity contribution in [2.24, 2.45) is 0 Å². The molecule has 0 spiro atoms. The molecular formula is C40H47N5O6S. The number of nitrogens with one attached hydrogen (secondary N) is 1. The molecule has 0 bridgehead atoms. The molecule has 52 heavy (non-hydrogen) atoms. The third-order valence-electron chi connectivity index (χ3n) is 11.5. The van der Waals surface area contributed by atoms with Crippen molar-refractivity contribution in [3.8, 4) is 17.0 Å². The summed E-state index contributed by atoms with van der Waals surface area (Å²) < 4.78 is 43.5. The topological polar surface area (TPSA) is 125 Å². The van der Waals surface area contributed by atoms with Crippen LogP contribution in [-0.2, 0) is 21.3 Å². The summed E-state index contributed by atoms with van der Waals surface area (Å²) in [6, 6.07) is 12.0. The maximum Gasteiger partial charge on any atom is 0.264 e. The average Bonchev–Trinajstić information content (AvgIpc) is 3.64. The zero-order chi connectivity index (χ0) is 36.1. The van der Waals surface area contributed by atoms with Crippen LogP contribution in [0.15, 0.2) is 42.6 Å². The van der Waals surface area contributed by atoms with E-state index in [2.05, 4.69) is 32.2 Å². The molecule has 12 heteroatoms. The van der Waals surface area contributed by atoms with Crippen molar-refractivity contribution in [1.29, 1.82) is 0 Å². The van der Waals surface area contributed by atoms with Crippen LogP contribution in [0.3, 0.4) is 0 Å². The zero-order valence-electron chi connectivity index (χ0n) is 30.2. The lowest BCUT2D eigenvalue weighted by Gasteiger charge is -2.30. The summed E-state index contributed by atoms with van der Waals surface area (Å²) in [4.78, 5) is 29.6. The number of aromatic nitrogens is 3. The molecule has 2 aromatic heterocycles. The van der Waals surface area contributed by atoms with E-state index in [9.17, 15) is 18.0 Å². The highest BCUT2D eigenvalue weighted by molar-refractivity contribution is 7.90. The van der Waals surface area contributed by atoms with E-state index < -0.39 is 21.2 Å². The molecule has 4 aliphatic rings. The second kappa shape index (κ2) is 13.9. The first-order chi connectivity index (χ1) is 25.1. The third kappa shape index (κ3) is 6.13. The lowest BCUT2D eigenvalue weighted by molar-refractivity contribution is 0.0302. The van der Waals surface area contributed by atoms with Gasteiger partial charge < -0.3 is 18.9 Å². The first-order valence-corrected chi connectivity index (χ1v) is 20.2. The van der Waals surface area contributed by atoms with Gasteiger partial charge >= 0.3 is 0 Å². The number of methoxy groups -OCH3 is 1. The first kappa shape index (κ1) is 34.7. The van der Waals surface area contributed by atoms with Crippen molar-refractivity contribution in [1.82, 2.24) is 24.0 Å². The number of ether oxygens (including phenoxy) is 2. The molecule has 0 unspecified atom stereocenters. The average molecular weight is 726 g/mol. The Morgan fingerprint density at radius 2 is 1.73 bits per heavy atom. The van der Waals surface area contributed by atoms with Gasteiger partial charge in [0.2, 0.25) is 10.0 Å². The predicted octanol–water partition coefficient (Wildman–Crippen LogP) is 6.78. The van der Waals surface area contributed by atoms with Crippen LogP contribution >= 0.6 is 0 Å². The van der Waals surface area contributed by atoms with Crippen LogP contribution in [0, 0.1) is 0 Å². The fraction of sp³-hybridized carbons (Fsp3) is 0.475. The molecule has 4 heterocycles. The van der Waals surface area contributed by atoms with Gasteiger partial charge in [0.05, 0.1) is 61.3 Å². The molecule has 1 saturated heterocycles. The highest BCUT2D eigenvalue weighted by Crippen LogP contribution is 2.48. The van der Waals surface area contributed by atoms with Gasteiger partial charge in [-0.15, -0.1) is 0 Å². The van der Waals surface area contributed by atoms with Crippen LogP contribution in [0.25, 0.3) is 33.8 Å².